The van der Waals surface area contributed by atoms with Gasteiger partial charge in [-0.1, -0.05) is 106 Å². The summed E-state index contributed by atoms with van der Waals surface area (Å²) in [5.41, 5.74) is 0. The molecule has 0 aliphatic heterocycles. The second kappa shape index (κ2) is 11.2. The van der Waals surface area contributed by atoms with Crippen molar-refractivity contribution in [1.82, 2.24) is 0 Å². The van der Waals surface area contributed by atoms with Gasteiger partial charge in [-0.3, -0.25) is 0 Å². The number of aliphatic hydroxyl groups is 1. The third kappa shape index (κ3) is 5.78. The number of hydrogen-bond acceptors (Lipinski definition) is 2. The summed E-state index contributed by atoms with van der Waals surface area (Å²) in [5, 5.41) is 11.5. The predicted octanol–water partition coefficient (Wildman–Crippen LogP) is 4.84. The summed E-state index contributed by atoms with van der Waals surface area (Å²) < 4.78 is 6.85. The summed E-state index contributed by atoms with van der Waals surface area (Å²) in [6.45, 7) is 7.85. The largest absolute Gasteiger partial charge is 0.407 e. The van der Waals surface area contributed by atoms with Crippen LogP contribution in [0.5, 0.6) is 0 Å². The molecule has 0 unspecified atom stereocenters. The molecule has 0 aromatic heterocycles. The molecule has 2 rings (SSSR count). The SMILES string of the molecule is CC(C)(C)[Si](OCC/C=C\C/C=C\CCO)(c1ccccc1)c1ccccc1. The van der Waals surface area contributed by atoms with Crippen molar-refractivity contribution in [2.24, 2.45) is 0 Å². The van der Waals surface area contributed by atoms with Crippen LogP contribution in [0, 0.1) is 0 Å². The molecule has 0 heterocycles. The van der Waals surface area contributed by atoms with Gasteiger partial charge in [0.2, 0.25) is 0 Å². The van der Waals surface area contributed by atoms with Gasteiger partial charge in [-0.25, -0.2) is 0 Å². The highest BCUT2D eigenvalue weighted by Crippen LogP contribution is 2.36. The molecule has 0 amide bonds. The highest BCUT2D eigenvalue weighted by Gasteiger charge is 2.49. The molecule has 0 aliphatic carbocycles. The van der Waals surface area contributed by atoms with Gasteiger partial charge in [-0.05, 0) is 34.7 Å². The van der Waals surface area contributed by atoms with E-state index in [2.05, 4.69) is 99.7 Å². The highest BCUT2D eigenvalue weighted by atomic mass is 28.4. The molecule has 0 radical (unpaired) electrons. The summed E-state index contributed by atoms with van der Waals surface area (Å²) in [6.07, 6.45) is 11.0. The maximum absolute atomic E-state index is 8.79. The van der Waals surface area contributed by atoms with Crippen molar-refractivity contribution >= 4 is 18.7 Å². The summed E-state index contributed by atoms with van der Waals surface area (Å²) in [5.74, 6) is 0. The smallest absolute Gasteiger partial charge is 0.261 e. The van der Waals surface area contributed by atoms with E-state index in [-0.39, 0.29) is 11.6 Å². The second-order valence-corrected chi connectivity index (χ2v) is 12.3. The predicted molar refractivity (Wildman–Crippen MR) is 123 cm³/mol. The highest BCUT2D eigenvalue weighted by molar-refractivity contribution is 6.99. The van der Waals surface area contributed by atoms with Crippen LogP contribution in [0.2, 0.25) is 5.04 Å². The Morgan fingerprint density at radius 2 is 1.29 bits per heavy atom. The number of rotatable bonds is 10. The maximum atomic E-state index is 8.79. The Morgan fingerprint density at radius 3 is 1.75 bits per heavy atom. The molecule has 0 saturated carbocycles. The summed E-state index contributed by atoms with van der Waals surface area (Å²) in [7, 11) is -2.41. The van der Waals surface area contributed by atoms with Crippen LogP contribution in [-0.2, 0) is 4.43 Å². The lowest BCUT2D eigenvalue weighted by molar-refractivity contribution is 0.302. The fourth-order valence-corrected chi connectivity index (χ4v) is 8.20. The molecule has 0 bridgehead atoms. The van der Waals surface area contributed by atoms with Gasteiger partial charge in [0.1, 0.15) is 0 Å². The fraction of sp³-hybridized carbons (Fsp3) is 0.360. The van der Waals surface area contributed by atoms with E-state index in [1.54, 1.807) is 0 Å². The van der Waals surface area contributed by atoms with Crippen molar-refractivity contribution in [3.8, 4) is 0 Å². The fourth-order valence-electron chi connectivity index (χ4n) is 3.62. The summed E-state index contributed by atoms with van der Waals surface area (Å²) in [4.78, 5) is 0. The van der Waals surface area contributed by atoms with E-state index in [1.165, 1.54) is 10.4 Å². The van der Waals surface area contributed by atoms with Gasteiger partial charge in [0.15, 0.2) is 0 Å². The molecular weight excluding hydrogens is 360 g/mol. The van der Waals surface area contributed by atoms with E-state index in [1.807, 2.05) is 6.08 Å². The Balaban J connectivity index is 2.19. The molecule has 0 atom stereocenters. The minimum absolute atomic E-state index is 0.0203. The van der Waals surface area contributed by atoms with Crippen LogP contribution in [0.15, 0.2) is 85.0 Å². The minimum atomic E-state index is -2.41. The molecular formula is C25H34O2Si. The number of hydrogen-bond donors (Lipinski definition) is 1. The number of allylic oxidation sites excluding steroid dienone is 2. The molecule has 0 aliphatic rings. The van der Waals surface area contributed by atoms with Crippen LogP contribution < -0.4 is 10.4 Å². The van der Waals surface area contributed by atoms with Crippen molar-refractivity contribution in [1.29, 1.82) is 0 Å². The molecule has 3 heteroatoms. The molecule has 1 N–H and O–H groups in total. The summed E-state index contributed by atoms with van der Waals surface area (Å²) in [6, 6.07) is 21.5. The average Bonchev–Trinajstić information content (AvgIpc) is 2.70. The van der Waals surface area contributed by atoms with Crippen molar-refractivity contribution in [2.45, 2.75) is 45.1 Å². The van der Waals surface area contributed by atoms with E-state index in [4.69, 9.17) is 9.53 Å². The van der Waals surface area contributed by atoms with Gasteiger partial charge in [-0.15, -0.1) is 0 Å². The zero-order valence-corrected chi connectivity index (χ0v) is 18.5. The number of benzene rings is 2. The topological polar surface area (TPSA) is 29.5 Å². The first-order valence-corrected chi connectivity index (χ1v) is 12.1. The first-order chi connectivity index (χ1) is 13.5. The second-order valence-electron chi connectivity index (χ2n) is 7.99. The standard InChI is InChI=1S/C25H34O2Si/c1-25(2,3)28(23-17-11-9-12-18-23,24-19-13-10-14-20-24)27-22-16-8-6-4-5-7-15-21-26/h5-14,17-20,26H,4,15-16,21-22H2,1-3H3/b7-5-,8-6-. The lowest BCUT2D eigenvalue weighted by Gasteiger charge is -2.43. The van der Waals surface area contributed by atoms with Gasteiger partial charge >= 0.3 is 0 Å². The zero-order valence-electron chi connectivity index (χ0n) is 17.5. The van der Waals surface area contributed by atoms with Gasteiger partial charge in [-0.2, -0.15) is 0 Å². The third-order valence-corrected chi connectivity index (χ3v) is 9.96. The molecule has 0 saturated heterocycles. The Bertz CT molecular complexity index is 691. The van der Waals surface area contributed by atoms with Crippen LogP contribution in [0.3, 0.4) is 0 Å². The normalized spacial score (nSPS) is 12.9. The molecule has 2 aromatic rings. The van der Waals surface area contributed by atoms with E-state index in [9.17, 15) is 0 Å². The summed E-state index contributed by atoms with van der Waals surface area (Å²) >= 11 is 0. The first-order valence-electron chi connectivity index (χ1n) is 10.2. The average molecular weight is 395 g/mol. The van der Waals surface area contributed by atoms with E-state index < -0.39 is 8.32 Å². The van der Waals surface area contributed by atoms with E-state index in [0.29, 0.717) is 6.61 Å². The quantitative estimate of drug-likeness (QED) is 0.355. The lowest BCUT2D eigenvalue weighted by Crippen LogP contribution is -2.66. The van der Waals surface area contributed by atoms with Crippen LogP contribution in [0.1, 0.15) is 40.0 Å². The Morgan fingerprint density at radius 1 is 0.786 bits per heavy atom. The molecule has 2 nitrogen and oxygen atoms in total. The van der Waals surface area contributed by atoms with Crippen molar-refractivity contribution in [3.05, 3.63) is 85.0 Å². The van der Waals surface area contributed by atoms with Gasteiger partial charge < -0.3 is 9.53 Å². The Labute approximate surface area is 171 Å². The van der Waals surface area contributed by atoms with Crippen molar-refractivity contribution < 1.29 is 9.53 Å². The van der Waals surface area contributed by atoms with Gasteiger partial charge in [0.25, 0.3) is 8.32 Å². The van der Waals surface area contributed by atoms with E-state index >= 15 is 0 Å². The molecule has 0 spiro atoms. The van der Waals surface area contributed by atoms with Crippen LogP contribution in [0.4, 0.5) is 0 Å². The first kappa shape index (κ1) is 22.3. The van der Waals surface area contributed by atoms with Crippen molar-refractivity contribution in [2.75, 3.05) is 13.2 Å². The van der Waals surface area contributed by atoms with Gasteiger partial charge in [0.05, 0.1) is 0 Å². The Hall–Kier alpha value is -1.94. The Kier molecular flexibility index (Phi) is 8.90. The minimum Gasteiger partial charge on any atom is -0.407 e. The molecule has 2 aromatic carbocycles. The van der Waals surface area contributed by atoms with Gasteiger partial charge in [0, 0.05) is 13.2 Å². The lowest BCUT2D eigenvalue weighted by atomic mass is 10.2. The third-order valence-electron chi connectivity index (χ3n) is 4.92. The van der Waals surface area contributed by atoms with Crippen LogP contribution >= 0.6 is 0 Å². The molecule has 150 valence electrons. The van der Waals surface area contributed by atoms with E-state index in [0.717, 1.165) is 19.3 Å². The maximum Gasteiger partial charge on any atom is 0.261 e. The molecule has 0 fully saturated rings. The zero-order chi connectivity index (χ0) is 20.3. The van der Waals surface area contributed by atoms with Crippen LogP contribution in [-0.4, -0.2) is 26.6 Å². The molecule has 28 heavy (non-hydrogen) atoms. The number of aliphatic hydroxyl groups excluding tert-OH is 1. The monoisotopic (exact) mass is 394 g/mol. The van der Waals surface area contributed by atoms with Crippen molar-refractivity contribution in [3.63, 3.8) is 0 Å². The van der Waals surface area contributed by atoms with Crippen LogP contribution in [0.25, 0.3) is 0 Å².